The highest BCUT2D eigenvalue weighted by Crippen LogP contribution is 2.29. The lowest BCUT2D eigenvalue weighted by molar-refractivity contribution is -0.384. The molecule has 1 N–H and O–H groups in total. The van der Waals surface area contributed by atoms with E-state index in [0.29, 0.717) is 25.2 Å². The highest BCUT2D eigenvalue weighted by Gasteiger charge is 2.27. The van der Waals surface area contributed by atoms with E-state index in [0.717, 1.165) is 6.42 Å². The molecule has 1 aromatic carbocycles. The van der Waals surface area contributed by atoms with Gasteiger partial charge in [0.05, 0.1) is 11.2 Å². The topological polar surface area (TPSA) is 92.6 Å². The molecule has 7 nitrogen and oxygen atoms in total. The molecule has 0 bridgehead atoms. The monoisotopic (exact) mass is 333 g/mol. The van der Waals surface area contributed by atoms with Crippen LogP contribution in [0.2, 0.25) is 5.02 Å². The molecule has 0 spiro atoms. The molecule has 1 heterocycles. The Bertz CT molecular complexity index is 650. The third-order valence-electron chi connectivity index (χ3n) is 3.37. The predicted molar refractivity (Wildman–Crippen MR) is 81.2 cm³/mol. The summed E-state index contributed by atoms with van der Waals surface area (Å²) in [6.45, 7) is 0.790. The van der Waals surface area contributed by atoms with Gasteiger partial charge in [-0.25, -0.2) is 12.7 Å². The molecule has 1 fully saturated rings. The SMILES string of the molecule is CS(=O)(=O)N1CCCC(Nc2ccc(Cl)cc2[N+](=O)[O-])C1. The zero-order valence-corrected chi connectivity index (χ0v) is 13.0. The molecule has 1 aliphatic rings. The Morgan fingerprint density at radius 1 is 1.48 bits per heavy atom. The number of nitro groups is 1. The van der Waals surface area contributed by atoms with Gasteiger partial charge in [-0.2, -0.15) is 0 Å². The van der Waals surface area contributed by atoms with Gasteiger partial charge < -0.3 is 5.32 Å². The quantitative estimate of drug-likeness (QED) is 0.672. The number of hydrogen-bond acceptors (Lipinski definition) is 5. The van der Waals surface area contributed by atoms with E-state index in [1.807, 2.05) is 0 Å². The van der Waals surface area contributed by atoms with Gasteiger partial charge in [-0.1, -0.05) is 11.6 Å². The molecular weight excluding hydrogens is 318 g/mol. The van der Waals surface area contributed by atoms with Gasteiger partial charge in [0.15, 0.2) is 0 Å². The number of benzene rings is 1. The lowest BCUT2D eigenvalue weighted by atomic mass is 10.1. The molecule has 9 heteroatoms. The van der Waals surface area contributed by atoms with Crippen LogP contribution in [-0.4, -0.2) is 43.0 Å². The van der Waals surface area contributed by atoms with E-state index in [1.165, 1.54) is 16.6 Å². The Hall–Kier alpha value is -1.38. The van der Waals surface area contributed by atoms with Gasteiger partial charge in [-0.15, -0.1) is 0 Å². The van der Waals surface area contributed by atoms with E-state index >= 15 is 0 Å². The summed E-state index contributed by atoms with van der Waals surface area (Å²) in [6.07, 6.45) is 2.64. The lowest BCUT2D eigenvalue weighted by Gasteiger charge is -2.31. The Morgan fingerprint density at radius 3 is 2.81 bits per heavy atom. The first-order valence-electron chi connectivity index (χ1n) is 6.43. The molecule has 1 aliphatic heterocycles. The Balaban J connectivity index is 2.17. The molecule has 0 aromatic heterocycles. The van der Waals surface area contributed by atoms with Crippen molar-refractivity contribution in [1.29, 1.82) is 0 Å². The Kier molecular flexibility index (Phi) is 4.70. The summed E-state index contributed by atoms with van der Waals surface area (Å²) in [5, 5.41) is 14.4. The minimum absolute atomic E-state index is 0.112. The van der Waals surface area contributed by atoms with Crippen molar-refractivity contribution in [3.05, 3.63) is 33.3 Å². The minimum atomic E-state index is -3.25. The standard InChI is InChI=1S/C12H16ClN3O4S/c1-21(19,20)15-6-2-3-10(8-15)14-11-5-4-9(13)7-12(11)16(17)18/h4-5,7,10,14H,2-3,6,8H2,1H3. The number of sulfonamides is 1. The fourth-order valence-corrected chi connectivity index (χ4v) is 3.44. The van der Waals surface area contributed by atoms with E-state index in [-0.39, 0.29) is 16.8 Å². The molecule has 0 radical (unpaired) electrons. The normalized spacial score (nSPS) is 20.2. The molecule has 1 unspecified atom stereocenters. The molecule has 116 valence electrons. The number of halogens is 1. The minimum Gasteiger partial charge on any atom is -0.375 e. The number of nitrogens with zero attached hydrogens (tertiary/aromatic N) is 2. The molecule has 0 aliphatic carbocycles. The van der Waals surface area contributed by atoms with Gasteiger partial charge in [0, 0.05) is 30.2 Å². The van der Waals surface area contributed by atoms with Crippen LogP contribution >= 0.6 is 11.6 Å². The van der Waals surface area contributed by atoms with Crippen molar-refractivity contribution in [1.82, 2.24) is 4.31 Å². The third-order valence-corrected chi connectivity index (χ3v) is 4.87. The van der Waals surface area contributed by atoms with Crippen LogP contribution in [0.1, 0.15) is 12.8 Å². The first-order chi connectivity index (χ1) is 9.77. The zero-order chi connectivity index (χ0) is 15.6. The number of rotatable bonds is 4. The summed E-state index contributed by atoms with van der Waals surface area (Å²) in [5.41, 5.74) is 0.240. The first kappa shape index (κ1) is 16.0. The van der Waals surface area contributed by atoms with Crippen LogP contribution in [-0.2, 0) is 10.0 Å². The zero-order valence-electron chi connectivity index (χ0n) is 11.5. The van der Waals surface area contributed by atoms with Crippen LogP contribution in [0.5, 0.6) is 0 Å². The maximum atomic E-state index is 11.6. The molecule has 2 rings (SSSR count). The van der Waals surface area contributed by atoms with E-state index in [4.69, 9.17) is 11.6 Å². The molecule has 1 saturated heterocycles. The molecule has 1 atom stereocenters. The summed E-state index contributed by atoms with van der Waals surface area (Å²) >= 11 is 5.77. The summed E-state index contributed by atoms with van der Waals surface area (Å²) in [4.78, 5) is 10.5. The van der Waals surface area contributed by atoms with Crippen LogP contribution in [0.25, 0.3) is 0 Å². The van der Waals surface area contributed by atoms with E-state index < -0.39 is 14.9 Å². The smallest absolute Gasteiger partial charge is 0.293 e. The van der Waals surface area contributed by atoms with Gasteiger partial charge >= 0.3 is 0 Å². The van der Waals surface area contributed by atoms with Gasteiger partial charge in [0.2, 0.25) is 10.0 Å². The number of hydrogen-bond donors (Lipinski definition) is 1. The van der Waals surface area contributed by atoms with Crippen molar-refractivity contribution >= 4 is 33.0 Å². The van der Waals surface area contributed by atoms with Crippen molar-refractivity contribution < 1.29 is 13.3 Å². The Labute approximate surface area is 128 Å². The molecule has 0 saturated carbocycles. The van der Waals surface area contributed by atoms with Crippen LogP contribution in [0, 0.1) is 10.1 Å². The van der Waals surface area contributed by atoms with Crippen LogP contribution in [0.3, 0.4) is 0 Å². The lowest BCUT2D eigenvalue weighted by Crippen LogP contribution is -2.44. The van der Waals surface area contributed by atoms with Gasteiger partial charge in [-0.3, -0.25) is 10.1 Å². The van der Waals surface area contributed by atoms with Crippen molar-refractivity contribution in [3.8, 4) is 0 Å². The van der Waals surface area contributed by atoms with Crippen molar-refractivity contribution in [2.45, 2.75) is 18.9 Å². The second kappa shape index (κ2) is 6.17. The summed E-state index contributed by atoms with van der Waals surface area (Å²) in [6, 6.07) is 4.22. The second-order valence-corrected chi connectivity index (χ2v) is 7.44. The summed E-state index contributed by atoms with van der Waals surface area (Å²) in [5.74, 6) is 0. The van der Waals surface area contributed by atoms with Crippen molar-refractivity contribution in [2.75, 3.05) is 24.7 Å². The fourth-order valence-electron chi connectivity index (χ4n) is 2.36. The van der Waals surface area contributed by atoms with E-state index in [1.54, 1.807) is 12.1 Å². The van der Waals surface area contributed by atoms with E-state index in [9.17, 15) is 18.5 Å². The summed E-state index contributed by atoms with van der Waals surface area (Å²) in [7, 11) is -3.25. The number of nitro benzene ring substituents is 1. The first-order valence-corrected chi connectivity index (χ1v) is 8.65. The van der Waals surface area contributed by atoms with Crippen LogP contribution < -0.4 is 5.32 Å². The maximum absolute atomic E-state index is 11.6. The largest absolute Gasteiger partial charge is 0.375 e. The Morgan fingerprint density at radius 2 is 2.19 bits per heavy atom. The average molecular weight is 334 g/mol. The summed E-state index contributed by atoms with van der Waals surface area (Å²) < 4.78 is 24.5. The number of anilines is 1. The highest BCUT2D eigenvalue weighted by molar-refractivity contribution is 7.88. The highest BCUT2D eigenvalue weighted by atomic mass is 35.5. The van der Waals surface area contributed by atoms with Crippen molar-refractivity contribution in [2.24, 2.45) is 0 Å². The molecule has 1 aromatic rings. The molecule has 0 amide bonds. The maximum Gasteiger partial charge on any atom is 0.293 e. The third kappa shape index (κ3) is 4.05. The van der Waals surface area contributed by atoms with Gasteiger partial charge in [0.1, 0.15) is 5.69 Å². The fraction of sp³-hybridized carbons (Fsp3) is 0.500. The molecule has 21 heavy (non-hydrogen) atoms. The van der Waals surface area contributed by atoms with Gasteiger partial charge in [-0.05, 0) is 25.0 Å². The van der Waals surface area contributed by atoms with E-state index in [2.05, 4.69) is 5.32 Å². The average Bonchev–Trinajstić information content (AvgIpc) is 2.40. The van der Waals surface area contributed by atoms with Crippen LogP contribution in [0.15, 0.2) is 18.2 Å². The number of nitrogens with one attached hydrogen (secondary N) is 1. The van der Waals surface area contributed by atoms with Crippen molar-refractivity contribution in [3.63, 3.8) is 0 Å². The van der Waals surface area contributed by atoms with Crippen LogP contribution in [0.4, 0.5) is 11.4 Å². The second-order valence-electron chi connectivity index (χ2n) is 5.02. The predicted octanol–water partition coefficient (Wildman–Crippen LogP) is 2.08. The number of piperidine rings is 1. The van der Waals surface area contributed by atoms with Gasteiger partial charge in [0.25, 0.3) is 5.69 Å². The molecular formula is C12H16ClN3O4S.